The quantitative estimate of drug-likeness (QED) is 0.365. The molecular weight excluding hydrogens is 549 g/mol. The molecule has 0 saturated carbocycles. The molecule has 1 fully saturated rings. The molecule has 9 nitrogen and oxygen atoms in total. The van der Waals surface area contributed by atoms with Crippen LogP contribution in [0.5, 0.6) is 5.88 Å². The molecule has 2 aromatic carbocycles. The van der Waals surface area contributed by atoms with Crippen LogP contribution in [0, 0.1) is 12.7 Å². The van der Waals surface area contributed by atoms with Crippen LogP contribution in [-0.4, -0.2) is 62.2 Å². The van der Waals surface area contributed by atoms with E-state index in [2.05, 4.69) is 25.1 Å². The Morgan fingerprint density at radius 1 is 1.15 bits per heavy atom. The molecule has 3 heterocycles. The van der Waals surface area contributed by atoms with E-state index in [0.29, 0.717) is 34.6 Å². The highest BCUT2D eigenvalue weighted by molar-refractivity contribution is 6.35. The van der Waals surface area contributed by atoms with Crippen LogP contribution >= 0.6 is 11.6 Å². The van der Waals surface area contributed by atoms with Gasteiger partial charge in [-0.2, -0.15) is 8.78 Å². The van der Waals surface area contributed by atoms with E-state index >= 15 is 0 Å². The van der Waals surface area contributed by atoms with Gasteiger partial charge >= 0.3 is 6.61 Å². The summed E-state index contributed by atoms with van der Waals surface area (Å²) in [5, 5.41) is 7.15. The summed E-state index contributed by atoms with van der Waals surface area (Å²) >= 11 is 6.36. The second kappa shape index (κ2) is 11.1. The van der Waals surface area contributed by atoms with Crippen LogP contribution in [0.4, 0.5) is 13.2 Å². The molecule has 0 aliphatic carbocycles. The number of nitrogens with zero attached hydrogens (tertiary/aromatic N) is 5. The summed E-state index contributed by atoms with van der Waals surface area (Å²) in [6, 6.07) is 8.57. The fourth-order valence-corrected chi connectivity index (χ4v) is 5.31. The third-order valence-electron chi connectivity index (χ3n) is 6.95. The van der Waals surface area contributed by atoms with E-state index in [1.54, 1.807) is 29.2 Å². The van der Waals surface area contributed by atoms with Crippen molar-refractivity contribution in [2.45, 2.75) is 31.9 Å². The van der Waals surface area contributed by atoms with Gasteiger partial charge in [-0.05, 0) is 43.2 Å². The molecule has 1 aliphatic heterocycles. The number of alkyl halides is 2. The fourth-order valence-electron chi connectivity index (χ4n) is 5.05. The summed E-state index contributed by atoms with van der Waals surface area (Å²) in [5.41, 5.74) is 2.27. The van der Waals surface area contributed by atoms with Crippen LogP contribution in [0.25, 0.3) is 11.0 Å². The number of benzene rings is 2. The molecule has 1 N–H and O–H groups in total. The van der Waals surface area contributed by atoms with Crippen molar-refractivity contribution in [3.8, 4) is 5.88 Å². The molecule has 1 saturated heterocycles. The Labute approximate surface area is 231 Å². The first-order valence-electron chi connectivity index (χ1n) is 12.4. The minimum absolute atomic E-state index is 0.0685. The highest BCUT2D eigenvalue weighted by Gasteiger charge is 2.35. The zero-order valence-electron chi connectivity index (χ0n) is 21.4. The smallest absolute Gasteiger partial charge is 0.388 e. The van der Waals surface area contributed by atoms with E-state index < -0.39 is 30.3 Å². The molecule has 0 unspecified atom stereocenters. The largest absolute Gasteiger partial charge is 0.415 e. The van der Waals surface area contributed by atoms with Gasteiger partial charge in [0.25, 0.3) is 11.8 Å². The lowest BCUT2D eigenvalue weighted by molar-refractivity contribution is -0.0535. The van der Waals surface area contributed by atoms with Crippen molar-refractivity contribution in [2.75, 3.05) is 13.1 Å². The number of hydrogen-bond acceptors (Lipinski definition) is 6. The number of amides is 2. The molecule has 4 aromatic rings. The van der Waals surface area contributed by atoms with Gasteiger partial charge in [-0.1, -0.05) is 23.7 Å². The van der Waals surface area contributed by atoms with Crippen molar-refractivity contribution in [1.29, 1.82) is 0 Å². The van der Waals surface area contributed by atoms with Crippen LogP contribution < -0.4 is 10.1 Å². The van der Waals surface area contributed by atoms with Crippen molar-refractivity contribution in [3.63, 3.8) is 0 Å². The van der Waals surface area contributed by atoms with Crippen molar-refractivity contribution >= 4 is 34.4 Å². The molecule has 1 aliphatic rings. The van der Waals surface area contributed by atoms with E-state index in [-0.39, 0.29) is 29.6 Å². The molecular formula is C27H24ClF3N6O3. The first-order chi connectivity index (χ1) is 19.1. The Kier molecular flexibility index (Phi) is 7.61. The predicted octanol–water partition coefficient (Wildman–Crippen LogP) is 4.49. The number of carbonyl (C=O) groups is 2. The monoisotopic (exact) mass is 572 g/mol. The van der Waals surface area contributed by atoms with Crippen LogP contribution in [0.3, 0.4) is 0 Å². The van der Waals surface area contributed by atoms with Gasteiger partial charge in [-0.15, -0.1) is 5.10 Å². The molecule has 0 bridgehead atoms. The zero-order chi connectivity index (χ0) is 28.6. The van der Waals surface area contributed by atoms with Gasteiger partial charge in [0.05, 0.1) is 10.5 Å². The summed E-state index contributed by atoms with van der Waals surface area (Å²) in [6.07, 6.45) is 3.40. The summed E-state index contributed by atoms with van der Waals surface area (Å²) in [7, 11) is 1.46. The van der Waals surface area contributed by atoms with Crippen LogP contribution in [0.15, 0.2) is 48.8 Å². The average Bonchev–Trinajstić information content (AvgIpc) is 3.20. The van der Waals surface area contributed by atoms with E-state index in [0.717, 1.165) is 5.56 Å². The number of nitrogens with one attached hydrogen (secondary N) is 1. The lowest BCUT2D eigenvalue weighted by Gasteiger charge is -2.39. The van der Waals surface area contributed by atoms with Crippen LogP contribution in [0.2, 0.25) is 5.02 Å². The minimum atomic E-state index is -3.08. The van der Waals surface area contributed by atoms with E-state index in [4.69, 9.17) is 11.6 Å². The summed E-state index contributed by atoms with van der Waals surface area (Å²) in [6.45, 7) is -1.09. The highest BCUT2D eigenvalue weighted by Crippen LogP contribution is 2.31. The number of carbonyl (C=O) groups excluding carboxylic acids is 2. The molecule has 40 heavy (non-hydrogen) atoms. The Morgan fingerprint density at radius 2 is 1.88 bits per heavy atom. The van der Waals surface area contributed by atoms with Gasteiger partial charge in [0.1, 0.15) is 17.0 Å². The Balaban J connectivity index is 1.41. The number of halogens is 4. The van der Waals surface area contributed by atoms with Gasteiger partial charge in [0, 0.05) is 55.6 Å². The SMILES string of the molecule is Cc1c(OC(F)F)nn(C)c1C(=O)N[C@@H]1CCN(C(=O)c2cc(Cl)c3nccnc3c2)C[C@@H]1c1ccc(F)cc1. The number of piperidine rings is 1. The second-order valence-corrected chi connectivity index (χ2v) is 9.85. The zero-order valence-corrected chi connectivity index (χ0v) is 22.2. The van der Waals surface area contributed by atoms with E-state index in [1.165, 1.54) is 43.2 Å². The van der Waals surface area contributed by atoms with Crippen molar-refractivity contribution in [2.24, 2.45) is 7.05 Å². The predicted molar refractivity (Wildman–Crippen MR) is 140 cm³/mol. The first kappa shape index (κ1) is 27.4. The summed E-state index contributed by atoms with van der Waals surface area (Å²) < 4.78 is 44.8. The second-order valence-electron chi connectivity index (χ2n) is 9.44. The van der Waals surface area contributed by atoms with Crippen LogP contribution in [0.1, 0.15) is 44.3 Å². The maximum absolute atomic E-state index is 13.7. The van der Waals surface area contributed by atoms with Gasteiger partial charge in [0.15, 0.2) is 0 Å². The number of fused-ring (bicyclic) bond motifs is 1. The number of ether oxygens (including phenoxy) is 1. The molecule has 2 amide bonds. The van der Waals surface area contributed by atoms with Gasteiger partial charge in [0.2, 0.25) is 5.88 Å². The first-order valence-corrected chi connectivity index (χ1v) is 12.7. The molecule has 13 heteroatoms. The average molecular weight is 573 g/mol. The molecule has 2 aromatic heterocycles. The molecule has 0 spiro atoms. The molecule has 5 rings (SSSR count). The Morgan fingerprint density at radius 3 is 2.60 bits per heavy atom. The number of rotatable bonds is 6. The number of hydrogen-bond donors (Lipinski definition) is 1. The normalized spacial score (nSPS) is 17.3. The number of aromatic nitrogens is 4. The topological polar surface area (TPSA) is 102 Å². The number of aryl methyl sites for hydroxylation is 1. The van der Waals surface area contributed by atoms with Crippen LogP contribution in [-0.2, 0) is 7.05 Å². The van der Waals surface area contributed by atoms with E-state index in [9.17, 15) is 22.8 Å². The Bertz CT molecular complexity index is 1580. The molecule has 0 radical (unpaired) electrons. The Hall–Kier alpha value is -4.19. The molecule has 208 valence electrons. The lowest BCUT2D eigenvalue weighted by atomic mass is 9.85. The van der Waals surface area contributed by atoms with E-state index in [1.807, 2.05) is 0 Å². The summed E-state index contributed by atoms with van der Waals surface area (Å²) in [5.74, 6) is -1.96. The fraction of sp³-hybridized carbons (Fsp3) is 0.296. The minimum Gasteiger partial charge on any atom is -0.415 e. The number of likely N-dealkylation sites (tertiary alicyclic amines) is 1. The maximum atomic E-state index is 13.7. The summed E-state index contributed by atoms with van der Waals surface area (Å²) in [4.78, 5) is 36.9. The standard InChI is InChI=1S/C27H24ClF3N6O3/c1-14-23(36(2)35-25(14)40-27(30)31)24(38)34-20-7-10-37(13-18(20)15-3-5-17(29)6-4-15)26(39)16-11-19(28)22-21(12-16)32-8-9-33-22/h3-6,8-9,11-12,18,20,27H,7,10,13H2,1-2H3,(H,34,38)/t18-,20-/m1/s1. The van der Waals surface area contributed by atoms with Crippen molar-refractivity contribution < 1.29 is 27.5 Å². The van der Waals surface area contributed by atoms with Gasteiger partial charge in [-0.25, -0.2) is 4.39 Å². The molecule has 2 atom stereocenters. The third kappa shape index (κ3) is 5.44. The third-order valence-corrected chi connectivity index (χ3v) is 7.23. The lowest BCUT2D eigenvalue weighted by Crippen LogP contribution is -2.51. The highest BCUT2D eigenvalue weighted by atomic mass is 35.5. The van der Waals surface area contributed by atoms with Crippen molar-refractivity contribution in [3.05, 3.63) is 82.0 Å². The van der Waals surface area contributed by atoms with Gasteiger partial charge in [-0.3, -0.25) is 24.2 Å². The van der Waals surface area contributed by atoms with Crippen molar-refractivity contribution in [1.82, 2.24) is 30.0 Å². The van der Waals surface area contributed by atoms with Gasteiger partial charge < -0.3 is 15.0 Å². The maximum Gasteiger partial charge on any atom is 0.388 e.